The summed E-state index contributed by atoms with van der Waals surface area (Å²) in [7, 11) is 0. The Morgan fingerprint density at radius 3 is 2.38 bits per heavy atom. The second-order valence-corrected chi connectivity index (χ2v) is 5.99. The monoisotopic (exact) mass is 329 g/mol. The minimum atomic E-state index is 0.419. The Balaban J connectivity index is 1.68. The number of hydrogen-bond donors (Lipinski definition) is 0. The summed E-state index contributed by atoms with van der Waals surface area (Å²) in [6.07, 6.45) is 3.05. The van der Waals surface area contributed by atoms with Crippen molar-refractivity contribution in [1.82, 2.24) is 4.90 Å². The zero-order chi connectivity index (χ0) is 11.0. The van der Waals surface area contributed by atoms with Crippen molar-refractivity contribution in [3.05, 3.63) is 27.8 Å². The van der Waals surface area contributed by atoms with Gasteiger partial charge in [-0.05, 0) is 78.7 Å². The van der Waals surface area contributed by atoms with Gasteiger partial charge in [0.1, 0.15) is 11.9 Å². The maximum atomic E-state index is 6.10. The summed E-state index contributed by atoms with van der Waals surface area (Å²) in [4.78, 5) is 2.53. The molecule has 86 valence electrons. The van der Waals surface area contributed by atoms with E-state index in [1.807, 2.05) is 0 Å². The SMILES string of the molecule is Ic1ccc(O[C@H]2CN3CCC2CC3)cc1. The van der Waals surface area contributed by atoms with Crippen molar-refractivity contribution >= 4 is 22.6 Å². The maximum Gasteiger partial charge on any atom is 0.119 e. The van der Waals surface area contributed by atoms with Gasteiger partial charge in [-0.25, -0.2) is 0 Å². The molecule has 0 N–H and O–H groups in total. The molecule has 0 saturated carbocycles. The van der Waals surface area contributed by atoms with Gasteiger partial charge in [-0.2, -0.15) is 0 Å². The number of halogens is 1. The van der Waals surface area contributed by atoms with Crippen LogP contribution < -0.4 is 4.74 Å². The lowest BCUT2D eigenvalue weighted by molar-refractivity contribution is -0.00776. The molecule has 4 rings (SSSR count). The third-order valence-corrected chi connectivity index (χ3v) is 4.42. The van der Waals surface area contributed by atoms with Crippen LogP contribution in [0.15, 0.2) is 24.3 Å². The lowest BCUT2D eigenvalue weighted by atomic mass is 9.86. The van der Waals surface area contributed by atoms with E-state index in [2.05, 4.69) is 51.8 Å². The van der Waals surface area contributed by atoms with Crippen LogP contribution in [0.5, 0.6) is 5.75 Å². The van der Waals surface area contributed by atoms with E-state index in [1.165, 1.54) is 29.5 Å². The zero-order valence-electron chi connectivity index (χ0n) is 9.23. The number of hydrogen-bond acceptors (Lipinski definition) is 2. The topological polar surface area (TPSA) is 12.5 Å². The van der Waals surface area contributed by atoms with Crippen LogP contribution in [0.25, 0.3) is 0 Å². The number of rotatable bonds is 2. The van der Waals surface area contributed by atoms with E-state index in [9.17, 15) is 0 Å². The van der Waals surface area contributed by atoms with Crippen LogP contribution >= 0.6 is 22.6 Å². The van der Waals surface area contributed by atoms with Crippen LogP contribution in [0.4, 0.5) is 0 Å². The highest BCUT2D eigenvalue weighted by Crippen LogP contribution is 2.30. The van der Waals surface area contributed by atoms with Crippen LogP contribution in [-0.2, 0) is 0 Å². The average molecular weight is 329 g/mol. The summed E-state index contributed by atoms with van der Waals surface area (Å²) in [5, 5.41) is 0. The van der Waals surface area contributed by atoms with Gasteiger partial charge < -0.3 is 4.74 Å². The van der Waals surface area contributed by atoms with Crippen molar-refractivity contribution in [1.29, 1.82) is 0 Å². The fourth-order valence-electron chi connectivity index (χ4n) is 2.73. The third kappa shape index (κ3) is 2.20. The first kappa shape index (κ1) is 10.8. The quantitative estimate of drug-likeness (QED) is 0.774. The molecule has 2 nitrogen and oxygen atoms in total. The molecule has 0 unspecified atom stereocenters. The average Bonchev–Trinajstić information content (AvgIpc) is 2.34. The van der Waals surface area contributed by atoms with Gasteiger partial charge in [0.25, 0.3) is 0 Å². The predicted octanol–water partition coefficient (Wildman–Crippen LogP) is 2.76. The summed E-state index contributed by atoms with van der Waals surface area (Å²) in [6, 6.07) is 8.38. The van der Waals surface area contributed by atoms with Crippen LogP contribution in [0.3, 0.4) is 0 Å². The van der Waals surface area contributed by atoms with Crippen molar-refractivity contribution in [2.45, 2.75) is 18.9 Å². The minimum Gasteiger partial charge on any atom is -0.489 e. The molecule has 3 heteroatoms. The van der Waals surface area contributed by atoms with Crippen molar-refractivity contribution in [2.75, 3.05) is 19.6 Å². The zero-order valence-corrected chi connectivity index (χ0v) is 11.4. The van der Waals surface area contributed by atoms with E-state index < -0.39 is 0 Å². The lowest BCUT2D eigenvalue weighted by Crippen LogP contribution is -2.52. The van der Waals surface area contributed by atoms with Gasteiger partial charge in [-0.3, -0.25) is 4.90 Å². The number of nitrogens with zero attached hydrogens (tertiary/aromatic N) is 1. The van der Waals surface area contributed by atoms with Gasteiger partial charge in [0.05, 0.1) is 0 Å². The molecular formula is C13H16INO. The van der Waals surface area contributed by atoms with E-state index in [0.717, 1.165) is 18.2 Å². The van der Waals surface area contributed by atoms with E-state index in [4.69, 9.17) is 4.74 Å². The van der Waals surface area contributed by atoms with E-state index in [-0.39, 0.29) is 0 Å². The molecule has 3 saturated heterocycles. The van der Waals surface area contributed by atoms with Gasteiger partial charge in [-0.15, -0.1) is 0 Å². The Bertz CT molecular complexity index is 357. The molecule has 3 heterocycles. The molecule has 0 spiro atoms. The molecule has 2 bridgehead atoms. The Hall–Kier alpha value is -0.290. The maximum absolute atomic E-state index is 6.10. The summed E-state index contributed by atoms with van der Waals surface area (Å²) < 4.78 is 7.36. The second-order valence-electron chi connectivity index (χ2n) is 4.75. The van der Waals surface area contributed by atoms with Crippen molar-refractivity contribution < 1.29 is 4.74 Å². The van der Waals surface area contributed by atoms with Gasteiger partial charge >= 0.3 is 0 Å². The summed E-state index contributed by atoms with van der Waals surface area (Å²) in [5.74, 6) is 1.81. The highest BCUT2D eigenvalue weighted by atomic mass is 127. The molecule has 3 aliphatic heterocycles. The fraction of sp³-hybridized carbons (Fsp3) is 0.538. The van der Waals surface area contributed by atoms with Gasteiger partial charge in [-0.1, -0.05) is 0 Å². The lowest BCUT2D eigenvalue weighted by Gasteiger charge is -2.44. The highest BCUT2D eigenvalue weighted by Gasteiger charge is 2.35. The van der Waals surface area contributed by atoms with E-state index in [1.54, 1.807) is 0 Å². The number of benzene rings is 1. The molecule has 1 aromatic rings. The predicted molar refractivity (Wildman–Crippen MR) is 72.7 cm³/mol. The van der Waals surface area contributed by atoms with Crippen LogP contribution in [0.1, 0.15) is 12.8 Å². The van der Waals surface area contributed by atoms with Crippen molar-refractivity contribution in [3.8, 4) is 5.75 Å². The number of fused-ring (bicyclic) bond motifs is 3. The molecule has 16 heavy (non-hydrogen) atoms. The van der Waals surface area contributed by atoms with Crippen LogP contribution in [-0.4, -0.2) is 30.6 Å². The molecule has 0 aromatic heterocycles. The molecule has 1 atom stereocenters. The van der Waals surface area contributed by atoms with Crippen LogP contribution in [0, 0.1) is 9.49 Å². The van der Waals surface area contributed by atoms with E-state index in [0.29, 0.717) is 6.10 Å². The first-order valence-electron chi connectivity index (χ1n) is 5.96. The van der Waals surface area contributed by atoms with Crippen molar-refractivity contribution in [3.63, 3.8) is 0 Å². The summed E-state index contributed by atoms with van der Waals surface area (Å²) >= 11 is 2.32. The molecule has 3 fully saturated rings. The Kier molecular flexibility index (Phi) is 3.07. The largest absolute Gasteiger partial charge is 0.489 e. The first-order valence-corrected chi connectivity index (χ1v) is 7.04. The number of ether oxygens (including phenoxy) is 1. The molecule has 3 aliphatic rings. The van der Waals surface area contributed by atoms with Crippen molar-refractivity contribution in [2.24, 2.45) is 5.92 Å². The minimum absolute atomic E-state index is 0.419. The normalized spacial score (nSPS) is 32.7. The molecule has 1 aromatic carbocycles. The summed E-state index contributed by atoms with van der Waals surface area (Å²) in [6.45, 7) is 3.67. The smallest absolute Gasteiger partial charge is 0.119 e. The Labute approximate surface area is 110 Å². The first-order chi connectivity index (χ1) is 7.81. The van der Waals surface area contributed by atoms with Gasteiger partial charge in [0.2, 0.25) is 0 Å². The van der Waals surface area contributed by atoms with Gasteiger partial charge in [0, 0.05) is 10.1 Å². The van der Waals surface area contributed by atoms with Gasteiger partial charge in [0.15, 0.2) is 0 Å². The molecular weight excluding hydrogens is 313 g/mol. The Morgan fingerprint density at radius 1 is 1.12 bits per heavy atom. The fourth-order valence-corrected chi connectivity index (χ4v) is 3.09. The highest BCUT2D eigenvalue weighted by molar-refractivity contribution is 14.1. The Morgan fingerprint density at radius 2 is 1.81 bits per heavy atom. The second kappa shape index (κ2) is 4.53. The molecule has 0 aliphatic carbocycles. The molecule has 0 amide bonds. The summed E-state index contributed by atoms with van der Waals surface area (Å²) in [5.41, 5.74) is 0. The van der Waals surface area contributed by atoms with Crippen LogP contribution in [0.2, 0.25) is 0 Å². The number of piperidine rings is 3. The van der Waals surface area contributed by atoms with E-state index >= 15 is 0 Å². The third-order valence-electron chi connectivity index (χ3n) is 3.70. The molecule has 0 radical (unpaired) electrons. The standard InChI is InChI=1S/C13H16INO/c14-11-1-3-12(4-2-11)16-13-9-15-7-5-10(13)6-8-15/h1-4,10,13H,5-9H2/t13-/m0/s1.